The maximum Gasteiger partial charge on any atom is 0.410 e. The molecule has 9 heteroatoms. The predicted octanol–water partition coefficient (Wildman–Crippen LogP) is 2.83. The zero-order valence-corrected chi connectivity index (χ0v) is 14.7. The molecule has 0 aliphatic carbocycles. The molecule has 142 valence electrons. The van der Waals surface area contributed by atoms with E-state index < -0.39 is 17.1 Å². The Balaban J connectivity index is 1.77. The fourth-order valence-corrected chi connectivity index (χ4v) is 2.62. The van der Waals surface area contributed by atoms with Crippen LogP contribution < -0.4 is 5.32 Å². The molecule has 0 aromatic heterocycles. The van der Waals surface area contributed by atoms with Gasteiger partial charge < -0.3 is 19.7 Å². The van der Waals surface area contributed by atoms with Crippen molar-refractivity contribution in [1.29, 1.82) is 0 Å². The molecule has 1 aromatic carbocycles. The van der Waals surface area contributed by atoms with Gasteiger partial charge in [-0.05, 0) is 12.5 Å². The number of carbonyl (C=O) groups excluding carboxylic acids is 2. The van der Waals surface area contributed by atoms with Crippen LogP contribution in [0.15, 0.2) is 24.3 Å². The van der Waals surface area contributed by atoms with Gasteiger partial charge in [0.1, 0.15) is 12.7 Å². The highest BCUT2D eigenvalue weighted by Crippen LogP contribution is 2.20. The van der Waals surface area contributed by atoms with E-state index >= 15 is 0 Å². The largest absolute Gasteiger partial charge is 0.446 e. The van der Waals surface area contributed by atoms with E-state index in [0.717, 1.165) is 6.42 Å². The summed E-state index contributed by atoms with van der Waals surface area (Å²) in [5.41, 5.74) is 0.266. The summed E-state index contributed by atoms with van der Waals surface area (Å²) in [7, 11) is 0. The number of carbonyl (C=O) groups is 2. The molecule has 26 heavy (non-hydrogen) atoms. The fraction of sp³-hybridized carbons (Fsp3) is 0.529. The van der Waals surface area contributed by atoms with E-state index in [4.69, 9.17) is 9.47 Å². The molecule has 0 bridgehead atoms. The Morgan fingerprint density at radius 3 is 2.65 bits per heavy atom. The number of likely N-dealkylation sites (tertiary alicyclic amines) is 1. The first-order chi connectivity index (χ1) is 12.5. The lowest BCUT2D eigenvalue weighted by molar-refractivity contribution is -0.385. The Morgan fingerprint density at radius 1 is 1.31 bits per heavy atom. The van der Waals surface area contributed by atoms with Crippen LogP contribution in [-0.2, 0) is 16.1 Å². The van der Waals surface area contributed by atoms with Crippen molar-refractivity contribution in [2.45, 2.75) is 38.9 Å². The minimum absolute atomic E-state index is 0.0782. The molecule has 1 aromatic rings. The van der Waals surface area contributed by atoms with Gasteiger partial charge in [-0.1, -0.05) is 19.1 Å². The van der Waals surface area contributed by atoms with Crippen molar-refractivity contribution < 1.29 is 24.0 Å². The number of hydrogen-bond acceptors (Lipinski definition) is 6. The number of piperidine rings is 1. The molecule has 1 aliphatic heterocycles. The summed E-state index contributed by atoms with van der Waals surface area (Å²) in [6.45, 7) is 3.17. The van der Waals surface area contributed by atoms with Crippen LogP contribution in [-0.4, -0.2) is 47.7 Å². The van der Waals surface area contributed by atoms with Crippen LogP contribution in [0.25, 0.3) is 0 Å². The first-order valence-corrected chi connectivity index (χ1v) is 8.59. The van der Waals surface area contributed by atoms with E-state index in [9.17, 15) is 19.7 Å². The van der Waals surface area contributed by atoms with Crippen LogP contribution in [0.3, 0.4) is 0 Å². The smallest absolute Gasteiger partial charge is 0.410 e. The first kappa shape index (κ1) is 19.5. The van der Waals surface area contributed by atoms with E-state index in [1.54, 1.807) is 18.2 Å². The van der Waals surface area contributed by atoms with Crippen LogP contribution in [0.1, 0.15) is 31.7 Å². The second kappa shape index (κ2) is 9.59. The molecule has 0 radical (unpaired) electrons. The molecule has 9 nitrogen and oxygen atoms in total. The minimum atomic E-state index is -0.531. The van der Waals surface area contributed by atoms with Gasteiger partial charge in [0.15, 0.2) is 0 Å². The van der Waals surface area contributed by atoms with Gasteiger partial charge in [-0.15, -0.1) is 0 Å². The van der Waals surface area contributed by atoms with Crippen LogP contribution >= 0.6 is 0 Å². The van der Waals surface area contributed by atoms with Crippen molar-refractivity contribution in [3.05, 3.63) is 39.9 Å². The monoisotopic (exact) mass is 365 g/mol. The molecule has 1 N–H and O–H groups in total. The maximum absolute atomic E-state index is 12.1. The van der Waals surface area contributed by atoms with Crippen LogP contribution in [0.4, 0.5) is 15.3 Å². The number of nitro groups is 1. The SMILES string of the molecule is CCCNC(=O)OC1CCN(C(=O)OCc2ccccc2[N+](=O)[O-])CC1. The van der Waals surface area contributed by atoms with Gasteiger partial charge in [0.2, 0.25) is 0 Å². The first-order valence-electron chi connectivity index (χ1n) is 8.59. The van der Waals surface area contributed by atoms with Gasteiger partial charge in [0.05, 0.1) is 10.5 Å². The molecule has 0 unspecified atom stereocenters. The van der Waals surface area contributed by atoms with Gasteiger partial charge in [0.25, 0.3) is 5.69 Å². The third-order valence-corrected chi connectivity index (χ3v) is 4.03. The number of amides is 2. The molecule has 1 fully saturated rings. The Bertz CT molecular complexity index is 643. The molecule has 0 saturated carbocycles. The molecule has 2 rings (SSSR count). The van der Waals surface area contributed by atoms with Crippen molar-refractivity contribution in [2.24, 2.45) is 0 Å². The molecule has 1 heterocycles. The third-order valence-electron chi connectivity index (χ3n) is 4.03. The minimum Gasteiger partial charge on any atom is -0.446 e. The van der Waals surface area contributed by atoms with E-state index in [1.165, 1.54) is 11.0 Å². The van der Waals surface area contributed by atoms with Crippen LogP contribution in [0.5, 0.6) is 0 Å². The molecule has 1 saturated heterocycles. The van der Waals surface area contributed by atoms with Crippen molar-refractivity contribution >= 4 is 17.9 Å². The van der Waals surface area contributed by atoms with Crippen LogP contribution in [0, 0.1) is 10.1 Å². The highest BCUT2D eigenvalue weighted by molar-refractivity contribution is 5.68. The second-order valence-electron chi connectivity index (χ2n) is 5.96. The van der Waals surface area contributed by atoms with Gasteiger partial charge in [-0.3, -0.25) is 10.1 Å². The van der Waals surface area contributed by atoms with E-state index in [0.29, 0.717) is 38.0 Å². The molecular formula is C17H23N3O6. The van der Waals surface area contributed by atoms with Crippen molar-refractivity contribution in [3.63, 3.8) is 0 Å². The summed E-state index contributed by atoms with van der Waals surface area (Å²) in [6, 6.07) is 6.14. The Morgan fingerprint density at radius 2 is 2.00 bits per heavy atom. The lowest BCUT2D eigenvalue weighted by Gasteiger charge is -2.30. The topological polar surface area (TPSA) is 111 Å². The number of nitro benzene ring substituents is 1. The van der Waals surface area contributed by atoms with Gasteiger partial charge in [-0.25, -0.2) is 9.59 Å². The number of ether oxygens (including phenoxy) is 2. The summed E-state index contributed by atoms with van der Waals surface area (Å²) in [4.78, 5) is 35.6. The molecule has 0 atom stereocenters. The Hall–Kier alpha value is -2.84. The van der Waals surface area contributed by atoms with Crippen molar-refractivity contribution in [1.82, 2.24) is 10.2 Å². The third kappa shape index (κ3) is 5.61. The molecule has 2 amide bonds. The van der Waals surface area contributed by atoms with Crippen molar-refractivity contribution in [3.8, 4) is 0 Å². The average molecular weight is 365 g/mol. The summed E-state index contributed by atoms with van der Waals surface area (Å²) < 4.78 is 10.5. The maximum atomic E-state index is 12.1. The number of para-hydroxylation sites is 1. The predicted molar refractivity (Wildman–Crippen MR) is 92.7 cm³/mol. The molecule has 1 aliphatic rings. The number of nitrogens with zero attached hydrogens (tertiary/aromatic N) is 2. The normalized spacial score (nSPS) is 14.6. The molecule has 0 spiro atoms. The lowest BCUT2D eigenvalue weighted by atomic mass is 10.1. The summed E-state index contributed by atoms with van der Waals surface area (Å²) in [5.74, 6) is 0. The van der Waals surface area contributed by atoms with E-state index in [1.807, 2.05) is 6.92 Å². The Labute approximate surface area is 151 Å². The van der Waals surface area contributed by atoms with Crippen molar-refractivity contribution in [2.75, 3.05) is 19.6 Å². The van der Waals surface area contributed by atoms with E-state index in [2.05, 4.69) is 5.32 Å². The second-order valence-corrected chi connectivity index (χ2v) is 5.96. The highest BCUT2D eigenvalue weighted by atomic mass is 16.6. The number of alkyl carbamates (subject to hydrolysis) is 1. The van der Waals surface area contributed by atoms with Gasteiger partial charge in [-0.2, -0.15) is 0 Å². The van der Waals surface area contributed by atoms with Crippen LogP contribution in [0.2, 0.25) is 0 Å². The Kier molecular flexibility index (Phi) is 7.19. The standard InChI is InChI=1S/C17H23N3O6/c1-2-9-18-16(21)26-14-7-10-19(11-8-14)17(22)25-12-13-5-3-4-6-15(13)20(23)24/h3-6,14H,2,7-12H2,1H3,(H,18,21). The zero-order chi connectivity index (χ0) is 18.9. The number of hydrogen-bond donors (Lipinski definition) is 1. The quantitative estimate of drug-likeness (QED) is 0.613. The number of benzene rings is 1. The fourth-order valence-electron chi connectivity index (χ4n) is 2.62. The summed E-state index contributed by atoms with van der Waals surface area (Å²) in [5, 5.41) is 13.6. The lowest BCUT2D eigenvalue weighted by Crippen LogP contribution is -2.42. The average Bonchev–Trinajstić information content (AvgIpc) is 2.65. The van der Waals surface area contributed by atoms with Gasteiger partial charge in [0, 0.05) is 38.5 Å². The zero-order valence-electron chi connectivity index (χ0n) is 14.7. The van der Waals surface area contributed by atoms with Gasteiger partial charge >= 0.3 is 12.2 Å². The molecular weight excluding hydrogens is 342 g/mol. The highest BCUT2D eigenvalue weighted by Gasteiger charge is 2.26. The summed E-state index contributed by atoms with van der Waals surface area (Å²) >= 11 is 0. The number of nitrogens with one attached hydrogen (secondary N) is 1. The number of rotatable bonds is 6. The van der Waals surface area contributed by atoms with E-state index in [-0.39, 0.29) is 18.4 Å². The summed E-state index contributed by atoms with van der Waals surface area (Å²) in [6.07, 6.45) is 0.687.